The van der Waals surface area contributed by atoms with Crippen molar-refractivity contribution in [2.24, 2.45) is 0 Å². The van der Waals surface area contributed by atoms with E-state index in [1.165, 1.54) is 6.42 Å². The summed E-state index contributed by atoms with van der Waals surface area (Å²) in [6.45, 7) is 3.54. The maximum atomic E-state index is 12.3. The van der Waals surface area contributed by atoms with E-state index in [0.29, 0.717) is 12.2 Å². The van der Waals surface area contributed by atoms with Gasteiger partial charge in [-0.2, -0.15) is 9.50 Å². The number of fused-ring (bicyclic) bond motifs is 1. The molecule has 1 saturated carbocycles. The van der Waals surface area contributed by atoms with E-state index in [-0.39, 0.29) is 30.9 Å². The molecule has 28 heavy (non-hydrogen) atoms. The summed E-state index contributed by atoms with van der Waals surface area (Å²) in [7, 11) is 1.80. The molecule has 2 N–H and O–H groups in total. The monoisotopic (exact) mass is 388 g/mol. The Bertz CT molecular complexity index is 872. The largest absolute Gasteiger partial charge is 0.456 e. The van der Waals surface area contributed by atoms with E-state index in [9.17, 15) is 9.59 Å². The summed E-state index contributed by atoms with van der Waals surface area (Å²) in [6, 6.07) is 0.262. The fraction of sp³-hybridized carbons (Fsp3) is 0.632. The number of nitrogens with zero attached hydrogens (tertiary/aromatic N) is 5. The minimum Gasteiger partial charge on any atom is -0.456 e. The van der Waals surface area contributed by atoms with E-state index in [4.69, 9.17) is 10.5 Å². The molecule has 1 aliphatic carbocycles. The Morgan fingerprint density at radius 2 is 1.93 bits per heavy atom. The first-order valence-corrected chi connectivity index (χ1v) is 9.76. The maximum absolute atomic E-state index is 12.3. The fourth-order valence-electron chi connectivity index (χ4n) is 3.80. The molecule has 0 bridgehead atoms. The topological polar surface area (TPSA) is 116 Å². The van der Waals surface area contributed by atoms with Crippen LogP contribution in [0, 0.1) is 13.8 Å². The second-order valence-corrected chi connectivity index (χ2v) is 7.40. The van der Waals surface area contributed by atoms with Gasteiger partial charge in [0.1, 0.15) is 0 Å². The van der Waals surface area contributed by atoms with Crippen molar-refractivity contribution in [3.63, 3.8) is 0 Å². The Morgan fingerprint density at radius 3 is 2.64 bits per heavy atom. The van der Waals surface area contributed by atoms with E-state index < -0.39 is 5.97 Å². The van der Waals surface area contributed by atoms with Crippen LogP contribution >= 0.6 is 0 Å². The molecule has 0 radical (unpaired) electrons. The molecule has 1 aliphatic rings. The van der Waals surface area contributed by atoms with E-state index >= 15 is 0 Å². The van der Waals surface area contributed by atoms with Gasteiger partial charge in [-0.1, -0.05) is 19.3 Å². The molecule has 0 spiro atoms. The Hall–Kier alpha value is -2.71. The average Bonchev–Trinajstić information content (AvgIpc) is 3.06. The Labute approximate surface area is 164 Å². The number of aryl methyl sites for hydroxylation is 2. The van der Waals surface area contributed by atoms with Crippen LogP contribution < -0.4 is 5.73 Å². The molecule has 9 heteroatoms. The predicted molar refractivity (Wildman–Crippen MR) is 104 cm³/mol. The third-order valence-corrected chi connectivity index (χ3v) is 5.52. The van der Waals surface area contributed by atoms with Gasteiger partial charge in [-0.25, -0.2) is 4.98 Å². The number of amides is 1. The summed E-state index contributed by atoms with van der Waals surface area (Å²) >= 11 is 0. The van der Waals surface area contributed by atoms with Crippen molar-refractivity contribution in [3.05, 3.63) is 17.0 Å². The molecule has 152 valence electrons. The molecule has 9 nitrogen and oxygen atoms in total. The number of carbonyl (C=O) groups is 2. The van der Waals surface area contributed by atoms with Crippen LogP contribution in [0.1, 0.15) is 55.5 Å². The smallest absolute Gasteiger partial charge is 0.306 e. The van der Waals surface area contributed by atoms with Crippen molar-refractivity contribution >= 4 is 23.6 Å². The summed E-state index contributed by atoms with van der Waals surface area (Å²) in [5.41, 5.74) is 8.15. The van der Waals surface area contributed by atoms with E-state index in [2.05, 4.69) is 15.1 Å². The number of hydrogen-bond acceptors (Lipinski definition) is 7. The second kappa shape index (κ2) is 8.53. The van der Waals surface area contributed by atoms with Gasteiger partial charge in [0.15, 0.2) is 6.61 Å². The molecule has 0 saturated heterocycles. The third kappa shape index (κ3) is 4.40. The van der Waals surface area contributed by atoms with Crippen LogP contribution in [-0.2, 0) is 20.7 Å². The molecule has 0 aromatic carbocycles. The standard InChI is InChI=1S/C19H28N6O3/c1-12-15(13(2)25-19(21-12)22-18(20)23-25)9-10-17(27)28-11-16(26)24(3)14-7-5-4-6-8-14/h14H,4-11H2,1-3H3,(H2,20,23). The zero-order valence-corrected chi connectivity index (χ0v) is 16.8. The van der Waals surface area contributed by atoms with Crippen LogP contribution in [0.4, 0.5) is 5.95 Å². The highest BCUT2D eigenvalue weighted by Crippen LogP contribution is 2.21. The average molecular weight is 388 g/mol. The molecule has 0 unspecified atom stereocenters. The van der Waals surface area contributed by atoms with Crippen LogP contribution in [0.5, 0.6) is 0 Å². The molecule has 0 aliphatic heterocycles. The van der Waals surface area contributed by atoms with Crippen molar-refractivity contribution < 1.29 is 14.3 Å². The molecule has 2 aromatic heterocycles. The number of esters is 1. The number of rotatable bonds is 6. The van der Waals surface area contributed by atoms with Gasteiger partial charge in [-0.05, 0) is 38.7 Å². The van der Waals surface area contributed by atoms with Crippen molar-refractivity contribution in [2.75, 3.05) is 19.4 Å². The lowest BCUT2D eigenvalue weighted by atomic mass is 9.94. The number of likely N-dealkylation sites (N-methyl/N-ethyl adjacent to an activating group) is 1. The lowest BCUT2D eigenvalue weighted by molar-refractivity contribution is -0.152. The first-order valence-electron chi connectivity index (χ1n) is 9.76. The highest BCUT2D eigenvalue weighted by Gasteiger charge is 2.23. The molecular formula is C19H28N6O3. The lowest BCUT2D eigenvalue weighted by Crippen LogP contribution is -2.40. The number of anilines is 1. The molecule has 3 rings (SSSR count). The minimum atomic E-state index is -0.401. The van der Waals surface area contributed by atoms with E-state index in [1.807, 2.05) is 13.8 Å². The summed E-state index contributed by atoms with van der Waals surface area (Å²) in [4.78, 5) is 34.6. The second-order valence-electron chi connectivity index (χ2n) is 7.40. The van der Waals surface area contributed by atoms with Gasteiger partial charge >= 0.3 is 5.97 Å². The van der Waals surface area contributed by atoms with Gasteiger partial charge in [-0.3, -0.25) is 9.59 Å². The first kappa shape index (κ1) is 20.0. The third-order valence-electron chi connectivity index (χ3n) is 5.52. The van der Waals surface area contributed by atoms with Crippen molar-refractivity contribution in [2.45, 2.75) is 64.8 Å². The number of carbonyl (C=O) groups excluding carboxylic acids is 2. The van der Waals surface area contributed by atoms with E-state index in [0.717, 1.165) is 42.6 Å². The highest BCUT2D eigenvalue weighted by molar-refractivity contribution is 5.80. The highest BCUT2D eigenvalue weighted by atomic mass is 16.5. The number of hydrogen-bond donors (Lipinski definition) is 1. The minimum absolute atomic E-state index is 0.145. The molecule has 1 amide bonds. The Balaban J connectivity index is 1.53. The molecule has 0 atom stereocenters. The lowest BCUT2D eigenvalue weighted by Gasteiger charge is -2.31. The van der Waals surface area contributed by atoms with Gasteiger partial charge in [0, 0.05) is 30.9 Å². The predicted octanol–water partition coefficient (Wildman–Crippen LogP) is 1.59. The van der Waals surface area contributed by atoms with Crippen molar-refractivity contribution in [3.8, 4) is 0 Å². The van der Waals surface area contributed by atoms with Gasteiger partial charge in [0.05, 0.1) is 0 Å². The Morgan fingerprint density at radius 1 is 1.21 bits per heavy atom. The van der Waals surface area contributed by atoms with Crippen molar-refractivity contribution in [1.29, 1.82) is 0 Å². The zero-order chi connectivity index (χ0) is 20.3. The number of ether oxygens (including phenoxy) is 1. The molecule has 1 fully saturated rings. The molecule has 2 heterocycles. The van der Waals surface area contributed by atoms with Crippen molar-refractivity contribution in [1.82, 2.24) is 24.5 Å². The zero-order valence-electron chi connectivity index (χ0n) is 16.8. The van der Waals surface area contributed by atoms with Crippen LogP contribution in [0.25, 0.3) is 5.78 Å². The van der Waals surface area contributed by atoms with Crippen LogP contribution in [-0.4, -0.2) is 56.1 Å². The normalized spacial score (nSPS) is 15.0. The van der Waals surface area contributed by atoms with Gasteiger partial charge in [-0.15, -0.1) is 5.10 Å². The number of aromatic nitrogens is 4. The van der Waals surface area contributed by atoms with Gasteiger partial charge in [0.25, 0.3) is 11.7 Å². The quantitative estimate of drug-likeness (QED) is 0.747. The van der Waals surface area contributed by atoms with Gasteiger partial charge in [0.2, 0.25) is 5.95 Å². The van der Waals surface area contributed by atoms with Gasteiger partial charge < -0.3 is 15.4 Å². The van der Waals surface area contributed by atoms with Crippen LogP contribution in [0.2, 0.25) is 0 Å². The SMILES string of the molecule is Cc1nc2nc(N)nn2c(C)c1CCC(=O)OCC(=O)N(C)C1CCCCC1. The first-order chi connectivity index (χ1) is 13.4. The molecular weight excluding hydrogens is 360 g/mol. The summed E-state index contributed by atoms with van der Waals surface area (Å²) in [5, 5.41) is 4.12. The summed E-state index contributed by atoms with van der Waals surface area (Å²) < 4.78 is 6.78. The number of nitrogens with two attached hydrogens (primary N) is 1. The summed E-state index contributed by atoms with van der Waals surface area (Å²) in [5.74, 6) is 0.0542. The van der Waals surface area contributed by atoms with Crippen LogP contribution in [0.15, 0.2) is 0 Å². The van der Waals surface area contributed by atoms with E-state index in [1.54, 1.807) is 16.5 Å². The Kier molecular flexibility index (Phi) is 6.11. The maximum Gasteiger partial charge on any atom is 0.306 e. The fourth-order valence-corrected chi connectivity index (χ4v) is 3.80. The summed E-state index contributed by atoms with van der Waals surface area (Å²) in [6.07, 6.45) is 6.20. The molecule has 2 aromatic rings. The number of nitrogen functional groups attached to an aromatic ring is 1. The van der Waals surface area contributed by atoms with Crippen LogP contribution in [0.3, 0.4) is 0 Å².